The number of nitrogens with one attached hydrogen (secondary N) is 2. The summed E-state index contributed by atoms with van der Waals surface area (Å²) < 4.78 is 5.18. The first-order valence-electron chi connectivity index (χ1n) is 7.60. The van der Waals surface area contributed by atoms with E-state index in [0.717, 1.165) is 19.5 Å². The Kier molecular flexibility index (Phi) is 6.27. The predicted octanol–water partition coefficient (Wildman–Crippen LogP) is 1.98. The maximum Gasteiger partial charge on any atom is 0.407 e. The summed E-state index contributed by atoms with van der Waals surface area (Å²) in [5.41, 5.74) is -0.0662. The van der Waals surface area contributed by atoms with Gasteiger partial charge in [0.1, 0.15) is 5.60 Å². The molecule has 118 valence electrons. The van der Waals surface area contributed by atoms with Crippen LogP contribution in [0, 0.1) is 0 Å². The van der Waals surface area contributed by atoms with Crippen molar-refractivity contribution in [2.24, 2.45) is 0 Å². The highest BCUT2D eigenvalue weighted by Gasteiger charge is 2.38. The number of hydrogen-bond donors (Lipinski definition) is 2. The maximum atomic E-state index is 11.4. The van der Waals surface area contributed by atoms with Crippen molar-refractivity contribution in [2.75, 3.05) is 33.7 Å². The Morgan fingerprint density at radius 3 is 2.35 bits per heavy atom. The molecule has 0 bridgehead atoms. The highest BCUT2D eigenvalue weighted by molar-refractivity contribution is 5.67. The summed E-state index contributed by atoms with van der Waals surface area (Å²) in [6.07, 6.45) is 4.48. The van der Waals surface area contributed by atoms with Crippen molar-refractivity contribution < 1.29 is 9.53 Å². The average molecular weight is 285 g/mol. The molecule has 5 nitrogen and oxygen atoms in total. The van der Waals surface area contributed by atoms with Crippen LogP contribution in [0.15, 0.2) is 0 Å². The van der Waals surface area contributed by atoms with E-state index in [-0.39, 0.29) is 6.09 Å². The summed E-state index contributed by atoms with van der Waals surface area (Å²) in [6.45, 7) is 8.21. The number of carbonyl (C=O) groups excluding carboxylic acids is 1. The lowest BCUT2D eigenvalue weighted by atomic mass is 9.75. The summed E-state index contributed by atoms with van der Waals surface area (Å²) in [6, 6.07) is 0. The SMILES string of the molecule is CN(C)C1(CNCCCNC(=O)OC(C)(C)C)CCC1. The third kappa shape index (κ3) is 5.67. The van der Waals surface area contributed by atoms with Crippen LogP contribution in [0.2, 0.25) is 0 Å². The number of likely N-dealkylation sites (N-methyl/N-ethyl adjacent to an activating group) is 1. The van der Waals surface area contributed by atoms with Crippen molar-refractivity contribution in [3.63, 3.8) is 0 Å². The molecule has 1 fully saturated rings. The zero-order valence-electron chi connectivity index (χ0n) is 13.7. The first-order valence-corrected chi connectivity index (χ1v) is 7.60. The van der Waals surface area contributed by atoms with Crippen LogP contribution in [0.25, 0.3) is 0 Å². The van der Waals surface area contributed by atoms with E-state index in [0.29, 0.717) is 12.1 Å². The Hall–Kier alpha value is -0.810. The summed E-state index contributed by atoms with van der Waals surface area (Å²) in [5, 5.41) is 6.27. The third-order valence-electron chi connectivity index (χ3n) is 3.89. The molecule has 0 aromatic rings. The molecule has 20 heavy (non-hydrogen) atoms. The molecule has 0 aromatic heterocycles. The van der Waals surface area contributed by atoms with Gasteiger partial charge >= 0.3 is 6.09 Å². The summed E-state index contributed by atoms with van der Waals surface area (Å²) in [4.78, 5) is 13.8. The summed E-state index contributed by atoms with van der Waals surface area (Å²) in [5.74, 6) is 0. The van der Waals surface area contributed by atoms with Crippen LogP contribution in [0.5, 0.6) is 0 Å². The zero-order chi connectivity index (χ0) is 15.2. The molecule has 0 unspecified atom stereocenters. The topological polar surface area (TPSA) is 53.6 Å². The van der Waals surface area contributed by atoms with Crippen molar-refractivity contribution in [1.82, 2.24) is 15.5 Å². The van der Waals surface area contributed by atoms with Crippen molar-refractivity contribution in [3.8, 4) is 0 Å². The fourth-order valence-corrected chi connectivity index (χ4v) is 2.41. The van der Waals surface area contributed by atoms with Crippen molar-refractivity contribution in [3.05, 3.63) is 0 Å². The van der Waals surface area contributed by atoms with Crippen LogP contribution in [0.3, 0.4) is 0 Å². The number of ether oxygens (including phenoxy) is 1. The fraction of sp³-hybridized carbons (Fsp3) is 0.933. The molecule has 1 aliphatic carbocycles. The van der Waals surface area contributed by atoms with Crippen LogP contribution >= 0.6 is 0 Å². The smallest absolute Gasteiger partial charge is 0.407 e. The fourth-order valence-electron chi connectivity index (χ4n) is 2.41. The third-order valence-corrected chi connectivity index (χ3v) is 3.89. The second-order valence-electron chi connectivity index (χ2n) is 6.93. The predicted molar refractivity (Wildman–Crippen MR) is 82.0 cm³/mol. The minimum Gasteiger partial charge on any atom is -0.444 e. The normalized spacial score (nSPS) is 17.7. The van der Waals surface area contributed by atoms with Gasteiger partial charge in [0.2, 0.25) is 0 Å². The van der Waals surface area contributed by atoms with E-state index >= 15 is 0 Å². The first kappa shape index (κ1) is 17.2. The molecule has 0 radical (unpaired) electrons. The minimum absolute atomic E-state index is 0.332. The van der Waals surface area contributed by atoms with Crippen molar-refractivity contribution >= 4 is 6.09 Å². The van der Waals surface area contributed by atoms with Crippen LogP contribution in [0.4, 0.5) is 4.79 Å². The van der Waals surface area contributed by atoms with Gasteiger partial charge in [-0.1, -0.05) is 0 Å². The van der Waals surface area contributed by atoms with E-state index in [1.165, 1.54) is 19.3 Å². The van der Waals surface area contributed by atoms with Crippen LogP contribution in [0.1, 0.15) is 46.5 Å². The lowest BCUT2D eigenvalue weighted by Gasteiger charge is -2.47. The van der Waals surface area contributed by atoms with E-state index in [1.54, 1.807) is 0 Å². The van der Waals surface area contributed by atoms with Gasteiger partial charge in [0.15, 0.2) is 0 Å². The number of nitrogens with zero attached hydrogens (tertiary/aromatic N) is 1. The van der Waals surface area contributed by atoms with Gasteiger partial charge in [-0.2, -0.15) is 0 Å². The van der Waals surface area contributed by atoms with E-state index in [2.05, 4.69) is 29.6 Å². The molecule has 0 aliphatic heterocycles. The molecule has 0 atom stereocenters. The molecule has 0 heterocycles. The second kappa shape index (κ2) is 7.27. The molecule has 0 saturated heterocycles. The Labute approximate surface area is 123 Å². The molecule has 1 aliphatic rings. The number of hydrogen-bond acceptors (Lipinski definition) is 4. The molecule has 1 amide bonds. The van der Waals surface area contributed by atoms with Gasteiger partial charge < -0.3 is 20.3 Å². The van der Waals surface area contributed by atoms with E-state index in [9.17, 15) is 4.79 Å². The van der Waals surface area contributed by atoms with Gasteiger partial charge in [-0.15, -0.1) is 0 Å². The average Bonchev–Trinajstić information content (AvgIpc) is 2.22. The molecule has 0 spiro atoms. The molecule has 0 aromatic carbocycles. The molecule has 1 saturated carbocycles. The minimum atomic E-state index is -0.426. The van der Waals surface area contributed by atoms with E-state index < -0.39 is 5.60 Å². The monoisotopic (exact) mass is 285 g/mol. The standard InChI is InChI=1S/C15H31N3O2/c1-14(2,3)20-13(19)17-11-7-10-16-12-15(18(4)5)8-6-9-15/h16H,6-12H2,1-5H3,(H,17,19). The maximum absolute atomic E-state index is 11.4. The van der Waals surface area contributed by atoms with Gasteiger partial charge in [0.25, 0.3) is 0 Å². The van der Waals surface area contributed by atoms with Crippen LogP contribution in [-0.4, -0.2) is 55.9 Å². The number of alkyl carbamates (subject to hydrolysis) is 1. The Morgan fingerprint density at radius 2 is 1.90 bits per heavy atom. The van der Waals surface area contributed by atoms with E-state index in [4.69, 9.17) is 4.74 Å². The number of carbonyl (C=O) groups is 1. The quantitative estimate of drug-likeness (QED) is 0.702. The second-order valence-corrected chi connectivity index (χ2v) is 6.93. The molecule has 2 N–H and O–H groups in total. The van der Waals surface area contributed by atoms with Crippen LogP contribution in [-0.2, 0) is 4.74 Å². The van der Waals surface area contributed by atoms with Gasteiger partial charge in [-0.3, -0.25) is 0 Å². The van der Waals surface area contributed by atoms with Gasteiger partial charge in [0.05, 0.1) is 0 Å². The lowest BCUT2D eigenvalue weighted by Crippen LogP contribution is -2.56. The highest BCUT2D eigenvalue weighted by atomic mass is 16.6. The lowest BCUT2D eigenvalue weighted by molar-refractivity contribution is 0.0523. The Bertz CT molecular complexity index is 307. The molecular weight excluding hydrogens is 254 g/mol. The summed E-state index contributed by atoms with van der Waals surface area (Å²) >= 11 is 0. The first-order chi connectivity index (χ1) is 9.25. The highest BCUT2D eigenvalue weighted by Crippen LogP contribution is 2.35. The molecular formula is C15H31N3O2. The number of rotatable bonds is 7. The zero-order valence-corrected chi connectivity index (χ0v) is 13.7. The number of amides is 1. The largest absolute Gasteiger partial charge is 0.444 e. The van der Waals surface area contributed by atoms with Gasteiger partial charge in [-0.05, 0) is 67.1 Å². The Balaban J connectivity index is 2.04. The van der Waals surface area contributed by atoms with Crippen LogP contribution < -0.4 is 10.6 Å². The molecule has 1 rings (SSSR count). The van der Waals surface area contributed by atoms with Crippen molar-refractivity contribution in [1.29, 1.82) is 0 Å². The van der Waals surface area contributed by atoms with E-state index in [1.807, 2.05) is 20.8 Å². The van der Waals surface area contributed by atoms with Crippen molar-refractivity contribution in [2.45, 2.75) is 57.6 Å². The Morgan fingerprint density at radius 1 is 1.25 bits per heavy atom. The molecule has 5 heteroatoms. The summed E-state index contributed by atoms with van der Waals surface area (Å²) in [7, 11) is 4.32. The van der Waals surface area contributed by atoms with Gasteiger partial charge in [-0.25, -0.2) is 4.79 Å². The van der Waals surface area contributed by atoms with Gasteiger partial charge in [0, 0.05) is 18.6 Å².